The zero-order valence-corrected chi connectivity index (χ0v) is 18.2. The van der Waals surface area contributed by atoms with Gasteiger partial charge in [0.2, 0.25) is 11.7 Å². The van der Waals surface area contributed by atoms with Crippen molar-refractivity contribution in [1.82, 2.24) is 9.55 Å². The van der Waals surface area contributed by atoms with E-state index >= 15 is 0 Å². The standard InChI is InChI=1S/C21H23FN4O5S/c22-16-8-7-13(10-18(16)26(29)30)23-19(27)12-32-20-15-5-1-2-6-17(15)25(21(28)24-20)11-14-4-3-9-31-14/h7-8,10,14H,1-6,9,11-12H2,(H,23,27)/t14-/m0/s1. The molecule has 0 bridgehead atoms. The molecule has 0 radical (unpaired) electrons. The minimum atomic E-state index is -0.971. The summed E-state index contributed by atoms with van der Waals surface area (Å²) >= 11 is 1.17. The summed E-state index contributed by atoms with van der Waals surface area (Å²) in [5.41, 5.74) is 1.07. The Morgan fingerprint density at radius 3 is 2.91 bits per heavy atom. The normalized spacial score (nSPS) is 17.7. The predicted molar refractivity (Wildman–Crippen MR) is 117 cm³/mol. The summed E-state index contributed by atoms with van der Waals surface area (Å²) in [6, 6.07) is 3.17. The Morgan fingerprint density at radius 2 is 2.16 bits per heavy atom. The van der Waals surface area contributed by atoms with Gasteiger partial charge in [-0.15, -0.1) is 0 Å². The van der Waals surface area contributed by atoms with Crippen LogP contribution in [0.3, 0.4) is 0 Å². The molecule has 1 saturated heterocycles. The van der Waals surface area contributed by atoms with Gasteiger partial charge in [0.05, 0.1) is 23.3 Å². The van der Waals surface area contributed by atoms with Gasteiger partial charge < -0.3 is 10.1 Å². The maximum absolute atomic E-state index is 13.5. The minimum Gasteiger partial charge on any atom is -0.376 e. The summed E-state index contributed by atoms with van der Waals surface area (Å²) in [5.74, 6) is -1.42. The molecule has 4 rings (SSSR count). The predicted octanol–water partition coefficient (Wildman–Crippen LogP) is 3.08. The molecule has 1 amide bonds. The fraction of sp³-hybridized carbons (Fsp3) is 0.476. The average molecular weight is 463 g/mol. The van der Waals surface area contributed by atoms with Crippen LogP contribution in [0.2, 0.25) is 0 Å². The van der Waals surface area contributed by atoms with Crippen molar-refractivity contribution in [2.24, 2.45) is 0 Å². The Bertz CT molecular complexity index is 1100. The molecule has 32 heavy (non-hydrogen) atoms. The summed E-state index contributed by atoms with van der Waals surface area (Å²) in [7, 11) is 0. The number of hydrogen-bond acceptors (Lipinski definition) is 7. The SMILES string of the molecule is O=C(CSc1nc(=O)n(C[C@@H]2CCCO2)c2c1CCCC2)Nc1ccc(F)c([N+](=O)[O-])c1. The maximum atomic E-state index is 13.5. The van der Waals surface area contributed by atoms with Gasteiger partial charge in [-0.1, -0.05) is 11.8 Å². The van der Waals surface area contributed by atoms with Gasteiger partial charge >= 0.3 is 11.4 Å². The molecule has 1 aromatic heterocycles. The quantitative estimate of drug-likeness (QED) is 0.291. The van der Waals surface area contributed by atoms with Crippen LogP contribution in [-0.2, 0) is 28.9 Å². The highest BCUT2D eigenvalue weighted by Gasteiger charge is 2.24. The molecule has 1 fully saturated rings. The van der Waals surface area contributed by atoms with Crippen LogP contribution < -0.4 is 11.0 Å². The summed E-state index contributed by atoms with van der Waals surface area (Å²) in [4.78, 5) is 39.4. The van der Waals surface area contributed by atoms with Gasteiger partial charge in [-0.05, 0) is 50.7 Å². The third kappa shape index (κ3) is 4.99. The van der Waals surface area contributed by atoms with Gasteiger partial charge in [0.25, 0.3) is 0 Å². The molecule has 2 heterocycles. The Labute approximate surface area is 187 Å². The van der Waals surface area contributed by atoms with Gasteiger partial charge in [-0.2, -0.15) is 9.37 Å². The number of carbonyl (C=O) groups is 1. The number of nitrogens with one attached hydrogen (secondary N) is 1. The van der Waals surface area contributed by atoms with Crippen LogP contribution in [0, 0.1) is 15.9 Å². The number of thioether (sulfide) groups is 1. The number of amides is 1. The van der Waals surface area contributed by atoms with Crippen molar-refractivity contribution in [2.45, 2.75) is 56.2 Å². The van der Waals surface area contributed by atoms with Crippen LogP contribution in [0.5, 0.6) is 0 Å². The van der Waals surface area contributed by atoms with Gasteiger partial charge in [0.1, 0.15) is 5.03 Å². The van der Waals surface area contributed by atoms with Crippen molar-refractivity contribution in [2.75, 3.05) is 17.7 Å². The van der Waals surface area contributed by atoms with E-state index in [-0.39, 0.29) is 23.2 Å². The van der Waals surface area contributed by atoms with Crippen molar-refractivity contribution in [1.29, 1.82) is 0 Å². The van der Waals surface area contributed by atoms with Crippen LogP contribution in [0.25, 0.3) is 0 Å². The molecule has 1 atom stereocenters. The van der Waals surface area contributed by atoms with E-state index in [2.05, 4.69) is 10.3 Å². The molecular weight excluding hydrogens is 439 g/mol. The third-order valence-electron chi connectivity index (χ3n) is 5.63. The summed E-state index contributed by atoms with van der Waals surface area (Å²) in [6.07, 6.45) is 5.53. The lowest BCUT2D eigenvalue weighted by Gasteiger charge is -2.24. The maximum Gasteiger partial charge on any atom is 0.348 e. The van der Waals surface area contributed by atoms with Crippen molar-refractivity contribution in [3.63, 3.8) is 0 Å². The van der Waals surface area contributed by atoms with E-state index in [0.717, 1.165) is 68.5 Å². The molecule has 2 aliphatic rings. The molecule has 0 spiro atoms. The number of ether oxygens (including phenoxy) is 1. The third-order valence-corrected chi connectivity index (χ3v) is 6.65. The Morgan fingerprint density at radius 1 is 1.34 bits per heavy atom. The van der Waals surface area contributed by atoms with Crippen LogP contribution in [0.4, 0.5) is 15.8 Å². The second-order valence-electron chi connectivity index (χ2n) is 7.84. The number of nitrogens with zero attached hydrogens (tertiary/aromatic N) is 3. The molecule has 1 aliphatic carbocycles. The van der Waals surface area contributed by atoms with E-state index in [1.165, 1.54) is 17.8 Å². The van der Waals surface area contributed by atoms with Crippen molar-refractivity contribution in [3.05, 3.63) is 55.9 Å². The molecule has 2 aromatic rings. The fourth-order valence-corrected chi connectivity index (χ4v) is 4.99. The van der Waals surface area contributed by atoms with Gasteiger partial charge in [-0.25, -0.2) is 4.79 Å². The number of anilines is 1. The smallest absolute Gasteiger partial charge is 0.348 e. The van der Waals surface area contributed by atoms with Crippen molar-refractivity contribution < 1.29 is 18.8 Å². The number of halogens is 1. The average Bonchev–Trinajstić information content (AvgIpc) is 3.29. The topological polar surface area (TPSA) is 116 Å². The lowest BCUT2D eigenvalue weighted by molar-refractivity contribution is -0.387. The van der Waals surface area contributed by atoms with Gasteiger partial charge in [0, 0.05) is 29.6 Å². The molecule has 0 unspecified atom stereocenters. The number of nitro groups is 1. The lowest BCUT2D eigenvalue weighted by atomic mass is 9.97. The number of rotatable bonds is 7. The zero-order chi connectivity index (χ0) is 22.7. The first-order valence-corrected chi connectivity index (χ1v) is 11.5. The van der Waals surface area contributed by atoms with E-state index in [0.29, 0.717) is 11.6 Å². The highest BCUT2D eigenvalue weighted by Crippen LogP contribution is 2.29. The van der Waals surface area contributed by atoms with E-state index in [1.807, 2.05) is 0 Å². The van der Waals surface area contributed by atoms with Crippen LogP contribution in [0.15, 0.2) is 28.0 Å². The van der Waals surface area contributed by atoms with Crippen LogP contribution in [-0.4, -0.2) is 38.8 Å². The van der Waals surface area contributed by atoms with E-state index in [9.17, 15) is 24.1 Å². The van der Waals surface area contributed by atoms with Gasteiger partial charge in [0.15, 0.2) is 0 Å². The number of benzene rings is 1. The second kappa shape index (κ2) is 9.78. The molecule has 1 aliphatic heterocycles. The van der Waals surface area contributed by atoms with E-state index in [1.54, 1.807) is 4.57 Å². The summed E-state index contributed by atoms with van der Waals surface area (Å²) in [6.45, 7) is 1.22. The number of fused-ring (bicyclic) bond motifs is 1. The Hall–Kier alpha value is -2.79. The molecule has 1 N–H and O–H groups in total. The van der Waals surface area contributed by atoms with Crippen LogP contribution >= 0.6 is 11.8 Å². The molecular formula is C21H23FN4O5S. The monoisotopic (exact) mass is 462 g/mol. The minimum absolute atomic E-state index is 0.0280. The highest BCUT2D eigenvalue weighted by atomic mass is 32.2. The number of nitro benzene ring substituents is 1. The number of aromatic nitrogens is 2. The molecule has 170 valence electrons. The zero-order valence-electron chi connectivity index (χ0n) is 17.3. The van der Waals surface area contributed by atoms with Crippen molar-refractivity contribution >= 4 is 29.0 Å². The lowest BCUT2D eigenvalue weighted by Crippen LogP contribution is -2.34. The van der Waals surface area contributed by atoms with E-state index < -0.39 is 22.3 Å². The summed E-state index contributed by atoms with van der Waals surface area (Å²) in [5, 5.41) is 14.0. The summed E-state index contributed by atoms with van der Waals surface area (Å²) < 4.78 is 20.9. The first-order chi connectivity index (χ1) is 15.4. The van der Waals surface area contributed by atoms with Gasteiger partial charge in [-0.3, -0.25) is 19.5 Å². The highest BCUT2D eigenvalue weighted by molar-refractivity contribution is 8.00. The fourth-order valence-electron chi connectivity index (χ4n) is 4.11. The molecule has 1 aromatic carbocycles. The van der Waals surface area contributed by atoms with E-state index in [4.69, 9.17) is 4.74 Å². The second-order valence-corrected chi connectivity index (χ2v) is 8.80. The molecule has 0 saturated carbocycles. The number of carbonyl (C=O) groups excluding carboxylic acids is 1. The molecule has 9 nitrogen and oxygen atoms in total. The Balaban J connectivity index is 1.48. The first-order valence-electron chi connectivity index (χ1n) is 10.5. The van der Waals surface area contributed by atoms with Crippen molar-refractivity contribution in [3.8, 4) is 0 Å². The largest absolute Gasteiger partial charge is 0.376 e. The first kappa shape index (κ1) is 22.4. The van der Waals surface area contributed by atoms with Crippen LogP contribution in [0.1, 0.15) is 36.9 Å². The number of hydrogen-bond donors (Lipinski definition) is 1. The molecule has 11 heteroatoms. The Kier molecular flexibility index (Phi) is 6.85.